The number of ether oxygens (including phenoxy) is 2. The molecular formula is C17H19Cl3N4O3. The van der Waals surface area contributed by atoms with Crippen LogP contribution in [0.4, 0.5) is 4.79 Å². The molecule has 3 rings (SSSR count). The van der Waals surface area contributed by atoms with Gasteiger partial charge in [0.1, 0.15) is 27.4 Å². The molecule has 1 saturated heterocycles. The average Bonchev–Trinajstić information content (AvgIpc) is 2.91. The lowest BCUT2D eigenvalue weighted by Crippen LogP contribution is -2.42. The van der Waals surface area contributed by atoms with Crippen LogP contribution in [0.15, 0.2) is 6.20 Å². The van der Waals surface area contributed by atoms with Gasteiger partial charge >= 0.3 is 6.09 Å². The normalized spacial score (nSPS) is 20.2. The van der Waals surface area contributed by atoms with Gasteiger partial charge in [-0.1, -0.05) is 23.2 Å². The number of nitrogens with zero attached hydrogens (tertiary/aromatic N) is 4. The van der Waals surface area contributed by atoms with Crippen LogP contribution in [0.1, 0.15) is 34.1 Å². The number of likely N-dealkylation sites (tertiary alicyclic amines) is 1. The van der Waals surface area contributed by atoms with E-state index in [1.54, 1.807) is 4.90 Å². The molecule has 7 nitrogen and oxygen atoms in total. The molecule has 2 unspecified atom stereocenters. The predicted octanol–water partition coefficient (Wildman–Crippen LogP) is 4.76. The lowest BCUT2D eigenvalue weighted by atomic mass is 10.2. The fraction of sp³-hybridized carbons (Fsp3) is 0.529. The molecule has 2 aromatic rings. The minimum Gasteiger partial charge on any atom is -0.472 e. The van der Waals surface area contributed by atoms with Crippen molar-refractivity contribution >= 4 is 51.8 Å². The van der Waals surface area contributed by atoms with Crippen molar-refractivity contribution in [3.8, 4) is 5.88 Å². The van der Waals surface area contributed by atoms with Gasteiger partial charge in [-0.15, -0.1) is 0 Å². The van der Waals surface area contributed by atoms with Crippen LogP contribution < -0.4 is 4.74 Å². The van der Waals surface area contributed by atoms with Crippen LogP contribution in [0.25, 0.3) is 10.9 Å². The average molecular weight is 434 g/mol. The van der Waals surface area contributed by atoms with Crippen LogP contribution in [0.3, 0.4) is 0 Å². The number of aromatic nitrogens is 3. The van der Waals surface area contributed by atoms with Gasteiger partial charge in [0.05, 0.1) is 11.4 Å². The summed E-state index contributed by atoms with van der Waals surface area (Å²) in [6, 6.07) is -0.209. The predicted molar refractivity (Wildman–Crippen MR) is 104 cm³/mol. The van der Waals surface area contributed by atoms with Crippen molar-refractivity contribution in [1.29, 1.82) is 0 Å². The molecule has 0 spiro atoms. The van der Waals surface area contributed by atoms with Crippen molar-refractivity contribution in [2.75, 3.05) is 6.54 Å². The molecule has 1 aliphatic rings. The van der Waals surface area contributed by atoms with Gasteiger partial charge in [-0.05, 0) is 39.3 Å². The summed E-state index contributed by atoms with van der Waals surface area (Å²) < 4.78 is 11.5. The standard InChI is InChI=1S/C17H19Cl3N4O3/c1-8-10(5-6-24(8)16(25)27-17(2,3)4)26-14-9-7-21-13(19)11(18)12(9)22-15(20)23-14/h7-8,10H,5-6H2,1-4H3. The highest BCUT2D eigenvalue weighted by Gasteiger charge is 2.38. The first-order valence-corrected chi connectivity index (χ1v) is 9.53. The number of hydrogen-bond acceptors (Lipinski definition) is 6. The van der Waals surface area contributed by atoms with E-state index in [-0.39, 0.29) is 39.6 Å². The lowest BCUT2D eigenvalue weighted by molar-refractivity contribution is 0.0191. The Bertz CT molecular complexity index is 888. The number of amides is 1. The fourth-order valence-electron chi connectivity index (χ4n) is 2.86. The summed E-state index contributed by atoms with van der Waals surface area (Å²) in [5, 5.41) is 0.779. The third-order valence-corrected chi connectivity index (χ3v) is 5.06. The SMILES string of the molecule is CC1C(Oc2nc(Cl)nc3c(Cl)c(Cl)ncc23)CCN1C(=O)OC(C)(C)C. The quantitative estimate of drug-likeness (QED) is 0.502. The van der Waals surface area contributed by atoms with Gasteiger partial charge in [-0.3, -0.25) is 0 Å². The molecule has 146 valence electrons. The molecule has 2 atom stereocenters. The second-order valence-corrected chi connectivity index (χ2v) is 8.36. The van der Waals surface area contributed by atoms with E-state index >= 15 is 0 Å². The summed E-state index contributed by atoms with van der Waals surface area (Å²) in [4.78, 5) is 26.3. The maximum absolute atomic E-state index is 12.4. The number of rotatable bonds is 2. The smallest absolute Gasteiger partial charge is 0.410 e. The zero-order valence-electron chi connectivity index (χ0n) is 15.3. The third kappa shape index (κ3) is 4.31. The van der Waals surface area contributed by atoms with Crippen LogP contribution in [0.2, 0.25) is 15.5 Å². The summed E-state index contributed by atoms with van der Waals surface area (Å²) in [5.41, 5.74) is -0.199. The topological polar surface area (TPSA) is 77.4 Å². The Kier molecular flexibility index (Phi) is 5.57. The molecule has 0 N–H and O–H groups in total. The maximum Gasteiger partial charge on any atom is 0.410 e. The van der Waals surface area contributed by atoms with Crippen LogP contribution in [0, 0.1) is 0 Å². The lowest BCUT2D eigenvalue weighted by Gasteiger charge is -2.28. The van der Waals surface area contributed by atoms with Crippen molar-refractivity contribution in [3.05, 3.63) is 21.7 Å². The summed E-state index contributed by atoms with van der Waals surface area (Å²) in [5.74, 6) is 0.249. The van der Waals surface area contributed by atoms with Crippen molar-refractivity contribution < 1.29 is 14.3 Å². The van der Waals surface area contributed by atoms with Gasteiger partial charge in [0, 0.05) is 19.2 Å². The van der Waals surface area contributed by atoms with Gasteiger partial charge < -0.3 is 14.4 Å². The first-order valence-electron chi connectivity index (χ1n) is 8.40. The minimum atomic E-state index is -0.562. The Morgan fingerprint density at radius 3 is 2.63 bits per heavy atom. The van der Waals surface area contributed by atoms with Crippen molar-refractivity contribution in [1.82, 2.24) is 19.9 Å². The van der Waals surface area contributed by atoms with E-state index in [0.29, 0.717) is 23.9 Å². The Hall–Kier alpha value is -1.57. The zero-order chi connectivity index (χ0) is 19.9. The molecular weight excluding hydrogens is 415 g/mol. The van der Waals surface area contributed by atoms with E-state index in [9.17, 15) is 4.79 Å². The van der Waals surface area contributed by atoms with Crippen LogP contribution in [0.5, 0.6) is 5.88 Å². The largest absolute Gasteiger partial charge is 0.472 e. The molecule has 10 heteroatoms. The van der Waals surface area contributed by atoms with Gasteiger partial charge in [0.25, 0.3) is 0 Å². The minimum absolute atomic E-state index is 0.0173. The highest BCUT2D eigenvalue weighted by molar-refractivity contribution is 6.44. The summed E-state index contributed by atoms with van der Waals surface area (Å²) >= 11 is 18.1. The number of fused-ring (bicyclic) bond motifs is 1. The van der Waals surface area contributed by atoms with Crippen molar-refractivity contribution in [2.45, 2.75) is 51.9 Å². The summed E-state index contributed by atoms with van der Waals surface area (Å²) in [6.07, 6.45) is 1.45. The van der Waals surface area contributed by atoms with Gasteiger partial charge in [-0.2, -0.15) is 4.98 Å². The Labute approximate surface area is 171 Å². The molecule has 1 aliphatic heterocycles. The summed E-state index contributed by atoms with van der Waals surface area (Å²) in [7, 11) is 0. The maximum atomic E-state index is 12.4. The molecule has 0 saturated carbocycles. The fourth-order valence-corrected chi connectivity index (χ4v) is 3.36. The van der Waals surface area contributed by atoms with E-state index < -0.39 is 5.60 Å². The van der Waals surface area contributed by atoms with E-state index in [4.69, 9.17) is 44.3 Å². The van der Waals surface area contributed by atoms with Gasteiger partial charge in [0.2, 0.25) is 11.2 Å². The second kappa shape index (κ2) is 7.45. The monoisotopic (exact) mass is 432 g/mol. The zero-order valence-corrected chi connectivity index (χ0v) is 17.6. The highest BCUT2D eigenvalue weighted by atomic mass is 35.5. The molecule has 0 radical (unpaired) electrons. The van der Waals surface area contributed by atoms with Gasteiger partial charge in [-0.25, -0.2) is 14.8 Å². The van der Waals surface area contributed by atoms with Crippen LogP contribution >= 0.6 is 34.8 Å². The molecule has 2 aromatic heterocycles. The number of hydrogen-bond donors (Lipinski definition) is 0. The molecule has 0 aromatic carbocycles. The second-order valence-electron chi connectivity index (χ2n) is 7.28. The molecule has 0 bridgehead atoms. The van der Waals surface area contributed by atoms with Crippen LogP contribution in [-0.4, -0.2) is 50.2 Å². The molecule has 3 heterocycles. The molecule has 1 amide bonds. The molecule has 0 aliphatic carbocycles. The van der Waals surface area contributed by atoms with E-state index in [1.807, 2.05) is 27.7 Å². The van der Waals surface area contributed by atoms with Gasteiger partial charge in [0.15, 0.2) is 0 Å². The molecule has 27 heavy (non-hydrogen) atoms. The van der Waals surface area contributed by atoms with Crippen LogP contribution in [-0.2, 0) is 4.74 Å². The third-order valence-electron chi connectivity index (χ3n) is 4.15. The number of carbonyl (C=O) groups excluding carboxylic acids is 1. The molecule has 1 fully saturated rings. The van der Waals surface area contributed by atoms with E-state index in [2.05, 4.69) is 15.0 Å². The Morgan fingerprint density at radius 2 is 1.96 bits per heavy atom. The number of halogens is 3. The van der Waals surface area contributed by atoms with Crippen molar-refractivity contribution in [3.63, 3.8) is 0 Å². The highest BCUT2D eigenvalue weighted by Crippen LogP contribution is 2.34. The number of carbonyl (C=O) groups is 1. The Balaban J connectivity index is 1.84. The Morgan fingerprint density at radius 1 is 1.26 bits per heavy atom. The van der Waals surface area contributed by atoms with E-state index in [1.165, 1.54) is 6.20 Å². The first kappa shape index (κ1) is 20.2. The number of pyridine rings is 1. The van der Waals surface area contributed by atoms with E-state index in [0.717, 1.165) is 0 Å². The summed E-state index contributed by atoms with van der Waals surface area (Å²) in [6.45, 7) is 7.90. The van der Waals surface area contributed by atoms with Crippen molar-refractivity contribution in [2.24, 2.45) is 0 Å². The first-order chi connectivity index (χ1) is 12.6.